The van der Waals surface area contributed by atoms with Gasteiger partial charge in [0.05, 0.1) is 49.8 Å². The number of fused-ring (bicyclic) bond motifs is 1. The van der Waals surface area contributed by atoms with E-state index in [1.165, 1.54) is 0 Å². The van der Waals surface area contributed by atoms with Crippen LogP contribution in [0.25, 0.3) is 10.9 Å². The monoisotopic (exact) mass is 588 g/mol. The maximum atomic E-state index is 13.0. The van der Waals surface area contributed by atoms with Gasteiger partial charge in [-0.3, -0.25) is 9.88 Å². The van der Waals surface area contributed by atoms with E-state index in [9.17, 15) is 10.1 Å². The zero-order valence-corrected chi connectivity index (χ0v) is 25.2. The second-order valence-electron chi connectivity index (χ2n) is 10.9. The lowest BCUT2D eigenvalue weighted by molar-refractivity contribution is 0.0357. The highest BCUT2D eigenvalue weighted by atomic mass is 16.5. The summed E-state index contributed by atoms with van der Waals surface area (Å²) >= 11 is 0. The van der Waals surface area contributed by atoms with Gasteiger partial charge < -0.3 is 34.1 Å². The molecule has 11 nitrogen and oxygen atoms in total. The molecule has 3 heterocycles. The molecule has 0 aliphatic carbocycles. The number of piperazine rings is 1. The molecule has 2 aliphatic heterocycles. The Morgan fingerprint density at radius 1 is 1.07 bits per heavy atom. The molecule has 0 atom stereocenters. The molecule has 2 aliphatic rings. The minimum atomic E-state index is -0.158. The maximum absolute atomic E-state index is 13.0. The SMILES string of the molecule is COc1cc2c(N3CCN(C(=O)Nc4ccc(OC(C)C)cc4)CC3)c(C#N)cnc2cc1OCCCN1CCOCC1. The molecule has 0 bridgehead atoms. The van der Waals surface area contributed by atoms with Crippen LogP contribution in [0.1, 0.15) is 25.8 Å². The van der Waals surface area contributed by atoms with Crippen LogP contribution in [0.2, 0.25) is 0 Å². The summed E-state index contributed by atoms with van der Waals surface area (Å²) in [6.45, 7) is 11.1. The fourth-order valence-corrected chi connectivity index (χ4v) is 5.40. The first-order valence-electron chi connectivity index (χ1n) is 14.9. The Morgan fingerprint density at radius 3 is 2.49 bits per heavy atom. The first kappa shape index (κ1) is 30.2. The van der Waals surface area contributed by atoms with Crippen molar-refractivity contribution >= 4 is 28.3 Å². The molecule has 0 unspecified atom stereocenters. The third-order valence-electron chi connectivity index (χ3n) is 7.59. The quantitative estimate of drug-likeness (QED) is 0.345. The maximum Gasteiger partial charge on any atom is 0.321 e. The van der Waals surface area contributed by atoms with Gasteiger partial charge in [0.15, 0.2) is 11.5 Å². The van der Waals surface area contributed by atoms with Crippen molar-refractivity contribution in [2.45, 2.75) is 26.4 Å². The van der Waals surface area contributed by atoms with E-state index in [2.05, 4.69) is 26.2 Å². The summed E-state index contributed by atoms with van der Waals surface area (Å²) in [5.41, 5.74) is 2.71. The fraction of sp³-hybridized carbons (Fsp3) is 0.469. The van der Waals surface area contributed by atoms with Gasteiger partial charge in [-0.2, -0.15) is 5.26 Å². The number of nitriles is 1. The molecule has 3 aromatic rings. The number of urea groups is 1. The summed E-state index contributed by atoms with van der Waals surface area (Å²) in [5, 5.41) is 13.7. The fourth-order valence-electron chi connectivity index (χ4n) is 5.40. The van der Waals surface area contributed by atoms with E-state index in [0.29, 0.717) is 55.5 Å². The van der Waals surface area contributed by atoms with Crippen LogP contribution in [0.5, 0.6) is 17.2 Å². The first-order chi connectivity index (χ1) is 20.9. The van der Waals surface area contributed by atoms with E-state index in [-0.39, 0.29) is 12.1 Å². The molecule has 0 saturated carbocycles. The minimum absolute atomic E-state index is 0.0861. The molecule has 0 radical (unpaired) electrons. The lowest BCUT2D eigenvalue weighted by atomic mass is 10.1. The molecule has 43 heavy (non-hydrogen) atoms. The Hall–Kier alpha value is -4.27. The smallest absolute Gasteiger partial charge is 0.321 e. The number of benzene rings is 2. The van der Waals surface area contributed by atoms with Gasteiger partial charge in [-0.15, -0.1) is 0 Å². The topological polar surface area (TPSA) is 112 Å². The van der Waals surface area contributed by atoms with Gasteiger partial charge >= 0.3 is 6.03 Å². The van der Waals surface area contributed by atoms with Crippen LogP contribution >= 0.6 is 0 Å². The summed E-state index contributed by atoms with van der Waals surface area (Å²) in [6.07, 6.45) is 2.59. The molecule has 5 rings (SSSR count). The van der Waals surface area contributed by atoms with Crippen molar-refractivity contribution in [3.8, 4) is 23.3 Å². The third-order valence-corrected chi connectivity index (χ3v) is 7.59. The summed E-state index contributed by atoms with van der Waals surface area (Å²) < 4.78 is 22.9. The molecular weight excluding hydrogens is 548 g/mol. The highest BCUT2D eigenvalue weighted by molar-refractivity contribution is 5.97. The number of rotatable bonds is 10. The number of carbonyl (C=O) groups excluding carboxylic acids is 1. The second-order valence-corrected chi connectivity index (χ2v) is 10.9. The number of anilines is 2. The number of morpholine rings is 1. The Labute approximate surface area is 252 Å². The van der Waals surface area contributed by atoms with E-state index in [1.807, 2.05) is 50.2 Å². The molecule has 11 heteroatoms. The molecule has 1 aromatic heterocycles. The normalized spacial score (nSPS) is 15.8. The summed E-state index contributed by atoms with van der Waals surface area (Å²) in [6, 6.07) is 13.3. The van der Waals surface area contributed by atoms with Crippen molar-refractivity contribution in [1.82, 2.24) is 14.8 Å². The second kappa shape index (κ2) is 14.3. The van der Waals surface area contributed by atoms with Crippen LogP contribution in [0.4, 0.5) is 16.2 Å². The number of nitrogens with one attached hydrogen (secondary N) is 1. The van der Waals surface area contributed by atoms with Crippen LogP contribution in [-0.4, -0.2) is 99.7 Å². The highest BCUT2D eigenvalue weighted by Crippen LogP contribution is 2.38. The van der Waals surface area contributed by atoms with E-state index in [1.54, 1.807) is 18.2 Å². The number of nitrogens with zero attached hydrogens (tertiary/aromatic N) is 5. The first-order valence-corrected chi connectivity index (χ1v) is 14.9. The van der Waals surface area contributed by atoms with Crippen molar-refractivity contribution in [2.24, 2.45) is 0 Å². The molecule has 2 saturated heterocycles. The third kappa shape index (κ3) is 7.58. The summed E-state index contributed by atoms with van der Waals surface area (Å²) in [5.74, 6) is 1.99. The summed E-state index contributed by atoms with van der Waals surface area (Å²) in [7, 11) is 1.62. The van der Waals surface area contributed by atoms with Gasteiger partial charge in [0, 0.05) is 69.2 Å². The van der Waals surface area contributed by atoms with Crippen molar-refractivity contribution in [3.63, 3.8) is 0 Å². The largest absolute Gasteiger partial charge is 0.493 e. The number of carbonyl (C=O) groups is 1. The highest BCUT2D eigenvalue weighted by Gasteiger charge is 2.25. The molecule has 1 N–H and O–H groups in total. The Bertz CT molecular complexity index is 1430. The number of amides is 2. The van der Waals surface area contributed by atoms with E-state index in [4.69, 9.17) is 18.9 Å². The van der Waals surface area contributed by atoms with Crippen molar-refractivity contribution < 1.29 is 23.7 Å². The number of ether oxygens (including phenoxy) is 4. The molecule has 2 aromatic carbocycles. The number of methoxy groups -OCH3 is 1. The number of hydrogen-bond acceptors (Lipinski definition) is 9. The number of pyridine rings is 1. The zero-order valence-electron chi connectivity index (χ0n) is 25.2. The van der Waals surface area contributed by atoms with Gasteiger partial charge in [0.1, 0.15) is 11.8 Å². The van der Waals surface area contributed by atoms with E-state index < -0.39 is 0 Å². The van der Waals surface area contributed by atoms with Crippen LogP contribution in [0.15, 0.2) is 42.6 Å². The van der Waals surface area contributed by atoms with Gasteiger partial charge in [0.2, 0.25) is 0 Å². The Kier molecular flexibility index (Phi) is 10.0. The molecular formula is C32H40N6O5. The van der Waals surface area contributed by atoms with E-state index in [0.717, 1.165) is 61.6 Å². The molecule has 228 valence electrons. The standard InChI is InChI=1S/C32H40N6O5/c1-23(2)43-26-7-5-25(6-8-26)35-32(39)38-12-10-37(11-13-38)31-24(21-33)22-34-28-20-30(29(40-3)19-27(28)31)42-16-4-9-36-14-17-41-18-15-36/h5-8,19-20,22-23H,4,9-18H2,1-3H3,(H,35,39). The predicted molar refractivity (Wildman–Crippen MR) is 165 cm³/mol. The number of hydrogen-bond donors (Lipinski definition) is 1. The van der Waals surface area contributed by atoms with Crippen LogP contribution in [0, 0.1) is 11.3 Å². The zero-order chi connectivity index (χ0) is 30.2. The van der Waals surface area contributed by atoms with E-state index >= 15 is 0 Å². The lowest BCUT2D eigenvalue weighted by Crippen LogP contribution is -2.50. The molecule has 0 spiro atoms. The average molecular weight is 589 g/mol. The lowest BCUT2D eigenvalue weighted by Gasteiger charge is -2.37. The van der Waals surface area contributed by atoms with Gasteiger partial charge in [-0.05, 0) is 50.6 Å². The van der Waals surface area contributed by atoms with Crippen LogP contribution in [0.3, 0.4) is 0 Å². The average Bonchev–Trinajstić information content (AvgIpc) is 3.03. The summed E-state index contributed by atoms with van der Waals surface area (Å²) in [4.78, 5) is 23.9. The Balaban J connectivity index is 1.24. The van der Waals surface area contributed by atoms with Crippen LogP contribution < -0.4 is 24.4 Å². The van der Waals surface area contributed by atoms with Crippen molar-refractivity contribution in [1.29, 1.82) is 5.26 Å². The van der Waals surface area contributed by atoms with Gasteiger partial charge in [-0.1, -0.05) is 0 Å². The van der Waals surface area contributed by atoms with Crippen molar-refractivity contribution in [2.75, 3.05) is 83.0 Å². The Morgan fingerprint density at radius 2 is 1.81 bits per heavy atom. The molecule has 2 fully saturated rings. The predicted octanol–water partition coefficient (Wildman–Crippen LogP) is 4.36. The van der Waals surface area contributed by atoms with Gasteiger partial charge in [0.25, 0.3) is 0 Å². The minimum Gasteiger partial charge on any atom is -0.493 e. The van der Waals surface area contributed by atoms with Gasteiger partial charge in [-0.25, -0.2) is 4.79 Å². The van der Waals surface area contributed by atoms with Crippen molar-refractivity contribution in [3.05, 3.63) is 48.2 Å². The number of aromatic nitrogens is 1. The molecule has 2 amide bonds. The van der Waals surface area contributed by atoms with Crippen LogP contribution in [-0.2, 0) is 4.74 Å².